The van der Waals surface area contributed by atoms with Gasteiger partial charge in [-0.15, -0.1) is 0 Å². The Morgan fingerprint density at radius 3 is 2.70 bits per heavy atom. The lowest BCUT2D eigenvalue weighted by Crippen LogP contribution is -1.79. The Kier molecular flexibility index (Phi) is 6.14. The van der Waals surface area contributed by atoms with E-state index in [4.69, 9.17) is 0 Å². The second-order valence-electron chi connectivity index (χ2n) is 2.39. The first-order valence-corrected chi connectivity index (χ1v) is 3.65. The number of rotatable bonds is 5. The summed E-state index contributed by atoms with van der Waals surface area (Å²) in [5.74, 6) is 0. The van der Waals surface area contributed by atoms with Gasteiger partial charge in [0.15, 0.2) is 0 Å². The Morgan fingerprint density at radius 1 is 1.50 bits per heavy atom. The molecule has 0 bridgehead atoms. The molecule has 0 nitrogen and oxygen atoms in total. The molecule has 0 saturated carbocycles. The van der Waals surface area contributed by atoms with E-state index in [0.717, 1.165) is 12.8 Å². The topological polar surface area (TPSA) is 0 Å². The van der Waals surface area contributed by atoms with Crippen LogP contribution in [0.2, 0.25) is 0 Å². The number of hydrogen-bond acceptors (Lipinski definition) is 0. The summed E-state index contributed by atoms with van der Waals surface area (Å²) in [6, 6.07) is 0. The van der Waals surface area contributed by atoms with E-state index < -0.39 is 0 Å². The fraction of sp³-hybridized carbons (Fsp3) is 0.556. The van der Waals surface area contributed by atoms with Gasteiger partial charge in [0.25, 0.3) is 0 Å². The van der Waals surface area contributed by atoms with E-state index in [1.807, 2.05) is 13.0 Å². The number of allylic oxidation sites excluding steroid dienone is 3. The molecule has 0 fully saturated rings. The SMILES string of the molecule is C=CC=C(C)CCCCF. The lowest BCUT2D eigenvalue weighted by molar-refractivity contribution is 0.462. The van der Waals surface area contributed by atoms with Crippen molar-refractivity contribution in [1.82, 2.24) is 0 Å². The maximum atomic E-state index is 11.6. The first kappa shape index (κ1) is 9.41. The van der Waals surface area contributed by atoms with Gasteiger partial charge >= 0.3 is 0 Å². The molecular formula is C9H15F. The van der Waals surface area contributed by atoms with E-state index in [2.05, 4.69) is 6.58 Å². The molecule has 0 aliphatic carbocycles. The van der Waals surface area contributed by atoms with Crippen LogP contribution in [0, 0.1) is 0 Å². The van der Waals surface area contributed by atoms with Gasteiger partial charge in [0, 0.05) is 0 Å². The van der Waals surface area contributed by atoms with Crippen LogP contribution in [0.1, 0.15) is 26.2 Å². The van der Waals surface area contributed by atoms with Crippen molar-refractivity contribution in [3.63, 3.8) is 0 Å². The van der Waals surface area contributed by atoms with Crippen molar-refractivity contribution >= 4 is 0 Å². The van der Waals surface area contributed by atoms with Crippen LogP contribution in [0.15, 0.2) is 24.3 Å². The fourth-order valence-corrected chi connectivity index (χ4v) is 0.783. The van der Waals surface area contributed by atoms with E-state index >= 15 is 0 Å². The van der Waals surface area contributed by atoms with Crippen molar-refractivity contribution < 1.29 is 4.39 Å². The van der Waals surface area contributed by atoms with E-state index in [-0.39, 0.29) is 6.67 Å². The summed E-state index contributed by atoms with van der Waals surface area (Å²) in [7, 11) is 0. The highest BCUT2D eigenvalue weighted by molar-refractivity contribution is 5.07. The fourth-order valence-electron chi connectivity index (χ4n) is 0.783. The third-order valence-electron chi connectivity index (χ3n) is 1.36. The molecule has 1 heteroatoms. The smallest absolute Gasteiger partial charge is 0.0894 e. The molecule has 0 heterocycles. The van der Waals surface area contributed by atoms with Crippen LogP contribution >= 0.6 is 0 Å². The summed E-state index contributed by atoms with van der Waals surface area (Å²) < 4.78 is 11.6. The molecule has 0 aromatic heterocycles. The van der Waals surface area contributed by atoms with Crippen LogP contribution < -0.4 is 0 Å². The second kappa shape index (κ2) is 6.53. The van der Waals surface area contributed by atoms with Crippen molar-refractivity contribution in [2.45, 2.75) is 26.2 Å². The second-order valence-corrected chi connectivity index (χ2v) is 2.39. The zero-order chi connectivity index (χ0) is 7.82. The van der Waals surface area contributed by atoms with Crippen molar-refractivity contribution in [3.8, 4) is 0 Å². The molecule has 10 heavy (non-hydrogen) atoms. The minimum Gasteiger partial charge on any atom is -0.251 e. The summed E-state index contributed by atoms with van der Waals surface area (Å²) in [6.45, 7) is 5.43. The lowest BCUT2D eigenvalue weighted by Gasteiger charge is -1.96. The van der Waals surface area contributed by atoms with E-state index in [1.54, 1.807) is 6.08 Å². The summed E-state index contributed by atoms with van der Waals surface area (Å²) in [5.41, 5.74) is 1.28. The van der Waals surface area contributed by atoms with Gasteiger partial charge in [0.2, 0.25) is 0 Å². The van der Waals surface area contributed by atoms with Crippen LogP contribution in [0.4, 0.5) is 4.39 Å². The Morgan fingerprint density at radius 2 is 2.20 bits per heavy atom. The highest BCUT2D eigenvalue weighted by Gasteiger charge is 1.88. The highest BCUT2D eigenvalue weighted by atomic mass is 19.1. The van der Waals surface area contributed by atoms with Crippen molar-refractivity contribution in [1.29, 1.82) is 0 Å². The van der Waals surface area contributed by atoms with Crippen LogP contribution in [0.3, 0.4) is 0 Å². The maximum Gasteiger partial charge on any atom is 0.0894 e. The molecule has 0 saturated heterocycles. The summed E-state index contributed by atoms with van der Waals surface area (Å²) in [6.07, 6.45) is 6.37. The van der Waals surface area contributed by atoms with Gasteiger partial charge in [-0.05, 0) is 26.2 Å². The Hall–Kier alpha value is -0.590. The number of alkyl halides is 1. The Balaban J connectivity index is 3.29. The van der Waals surface area contributed by atoms with Gasteiger partial charge in [-0.3, -0.25) is 4.39 Å². The molecule has 0 aromatic carbocycles. The van der Waals surface area contributed by atoms with Crippen LogP contribution in [-0.4, -0.2) is 6.67 Å². The molecule has 0 spiro atoms. The maximum absolute atomic E-state index is 11.6. The van der Waals surface area contributed by atoms with E-state index in [1.165, 1.54) is 5.57 Å². The molecule has 0 unspecified atom stereocenters. The normalized spacial score (nSPS) is 11.6. The first-order valence-electron chi connectivity index (χ1n) is 3.65. The molecule has 0 aliphatic heterocycles. The van der Waals surface area contributed by atoms with Gasteiger partial charge in [-0.1, -0.05) is 24.3 Å². The van der Waals surface area contributed by atoms with Crippen LogP contribution in [0.5, 0.6) is 0 Å². The van der Waals surface area contributed by atoms with Gasteiger partial charge in [-0.2, -0.15) is 0 Å². The molecule has 0 N–H and O–H groups in total. The molecule has 58 valence electrons. The molecule has 0 aromatic rings. The number of hydrogen-bond donors (Lipinski definition) is 0. The third kappa shape index (κ3) is 5.54. The minimum absolute atomic E-state index is 0.193. The predicted molar refractivity (Wildman–Crippen MR) is 43.8 cm³/mol. The van der Waals surface area contributed by atoms with Crippen molar-refractivity contribution in [2.75, 3.05) is 6.67 Å². The molecule has 0 atom stereocenters. The standard InChI is InChI=1S/C9H15F/c1-3-6-9(2)7-4-5-8-10/h3,6H,1,4-5,7-8H2,2H3. The molecule has 0 rings (SSSR count). The largest absolute Gasteiger partial charge is 0.251 e. The summed E-state index contributed by atoms with van der Waals surface area (Å²) in [5, 5.41) is 0. The quantitative estimate of drug-likeness (QED) is 0.408. The highest BCUT2D eigenvalue weighted by Crippen LogP contribution is 2.05. The predicted octanol–water partition coefficient (Wildman–Crippen LogP) is 3.26. The third-order valence-corrected chi connectivity index (χ3v) is 1.36. The molecular weight excluding hydrogens is 127 g/mol. The average molecular weight is 142 g/mol. The Labute approximate surface area is 62.4 Å². The number of halogens is 1. The van der Waals surface area contributed by atoms with Crippen LogP contribution in [0.25, 0.3) is 0 Å². The van der Waals surface area contributed by atoms with E-state index in [9.17, 15) is 4.39 Å². The molecule has 0 radical (unpaired) electrons. The zero-order valence-corrected chi connectivity index (χ0v) is 6.57. The van der Waals surface area contributed by atoms with Crippen LogP contribution in [-0.2, 0) is 0 Å². The zero-order valence-electron chi connectivity index (χ0n) is 6.57. The van der Waals surface area contributed by atoms with E-state index in [0.29, 0.717) is 6.42 Å². The Bertz CT molecular complexity index is 114. The minimum atomic E-state index is -0.193. The van der Waals surface area contributed by atoms with Gasteiger partial charge < -0.3 is 0 Å². The lowest BCUT2D eigenvalue weighted by atomic mass is 10.1. The molecule has 0 aliphatic rings. The molecule has 0 amide bonds. The average Bonchev–Trinajstić information content (AvgIpc) is 1.89. The van der Waals surface area contributed by atoms with Crippen molar-refractivity contribution in [3.05, 3.63) is 24.3 Å². The summed E-state index contributed by atoms with van der Waals surface area (Å²) >= 11 is 0. The summed E-state index contributed by atoms with van der Waals surface area (Å²) in [4.78, 5) is 0. The first-order chi connectivity index (χ1) is 4.81. The van der Waals surface area contributed by atoms with Gasteiger partial charge in [-0.25, -0.2) is 0 Å². The number of unbranched alkanes of at least 4 members (excludes halogenated alkanes) is 1. The van der Waals surface area contributed by atoms with Gasteiger partial charge in [0.05, 0.1) is 6.67 Å². The van der Waals surface area contributed by atoms with Gasteiger partial charge in [0.1, 0.15) is 0 Å². The van der Waals surface area contributed by atoms with Crippen molar-refractivity contribution in [2.24, 2.45) is 0 Å². The monoisotopic (exact) mass is 142 g/mol.